The first-order valence-corrected chi connectivity index (χ1v) is 3.17. The van der Waals surface area contributed by atoms with Gasteiger partial charge in [-0.05, 0) is 31.5 Å². The van der Waals surface area contributed by atoms with Crippen LogP contribution in [0.3, 0.4) is 0 Å². The van der Waals surface area contributed by atoms with Gasteiger partial charge in [-0.2, -0.15) is 0 Å². The van der Waals surface area contributed by atoms with Crippen molar-refractivity contribution in [1.29, 1.82) is 0 Å². The summed E-state index contributed by atoms with van der Waals surface area (Å²) < 4.78 is 0. The standard InChI is InChI=1S/C6H9ClN2/c1-6(2)3-4-8-5(7)9-6/h3-4H,1-2H3,(H,8,9). The Bertz CT molecular complexity index is 170. The predicted molar refractivity (Wildman–Crippen MR) is 39.6 cm³/mol. The van der Waals surface area contributed by atoms with E-state index in [0.29, 0.717) is 5.29 Å². The minimum atomic E-state index is -0.137. The first kappa shape index (κ1) is 6.62. The molecule has 0 aromatic rings. The fraction of sp³-hybridized carbons (Fsp3) is 0.500. The van der Waals surface area contributed by atoms with Crippen LogP contribution in [0.25, 0.3) is 0 Å². The molecule has 2 nitrogen and oxygen atoms in total. The molecule has 0 unspecified atom stereocenters. The molecule has 1 heterocycles. The van der Waals surface area contributed by atoms with E-state index in [1.165, 1.54) is 0 Å². The zero-order chi connectivity index (χ0) is 6.91. The molecule has 0 saturated carbocycles. The number of rotatable bonds is 0. The van der Waals surface area contributed by atoms with Crippen LogP contribution in [0.2, 0.25) is 0 Å². The van der Waals surface area contributed by atoms with Gasteiger partial charge in [-0.25, -0.2) is 4.99 Å². The van der Waals surface area contributed by atoms with E-state index in [-0.39, 0.29) is 5.54 Å². The van der Waals surface area contributed by atoms with E-state index >= 15 is 0 Å². The third kappa shape index (κ3) is 1.72. The molecule has 0 spiro atoms. The molecule has 3 heteroatoms. The Morgan fingerprint density at radius 3 is 2.67 bits per heavy atom. The highest BCUT2D eigenvalue weighted by atomic mass is 35.5. The molecule has 50 valence electrons. The SMILES string of the molecule is CC1(C)C=CNC(Cl)=N1. The lowest BCUT2D eigenvalue weighted by atomic mass is 10.1. The average Bonchev–Trinajstić information content (AvgIpc) is 1.60. The number of nitrogens with one attached hydrogen (secondary N) is 1. The molecule has 1 rings (SSSR count). The van der Waals surface area contributed by atoms with E-state index in [1.54, 1.807) is 6.20 Å². The second-order valence-electron chi connectivity index (χ2n) is 2.53. The Labute approximate surface area is 59.6 Å². The molecule has 1 aliphatic heterocycles. The Hall–Kier alpha value is -0.500. The summed E-state index contributed by atoms with van der Waals surface area (Å²) in [7, 11) is 0. The molecule has 1 N–H and O–H groups in total. The van der Waals surface area contributed by atoms with Gasteiger partial charge in [0.15, 0.2) is 5.29 Å². The Morgan fingerprint density at radius 1 is 1.67 bits per heavy atom. The van der Waals surface area contributed by atoms with Crippen molar-refractivity contribution >= 4 is 16.9 Å². The predicted octanol–water partition coefficient (Wildman–Crippen LogP) is 1.48. The Balaban J connectivity index is 2.78. The van der Waals surface area contributed by atoms with Gasteiger partial charge < -0.3 is 5.32 Å². The number of nitrogens with zero attached hydrogens (tertiary/aromatic N) is 1. The van der Waals surface area contributed by atoms with E-state index in [0.717, 1.165) is 0 Å². The first-order chi connectivity index (χ1) is 4.10. The van der Waals surface area contributed by atoms with Crippen LogP contribution in [0.5, 0.6) is 0 Å². The van der Waals surface area contributed by atoms with E-state index in [1.807, 2.05) is 19.9 Å². The van der Waals surface area contributed by atoms with E-state index < -0.39 is 0 Å². The van der Waals surface area contributed by atoms with Crippen molar-refractivity contribution in [3.63, 3.8) is 0 Å². The van der Waals surface area contributed by atoms with Crippen LogP contribution in [-0.2, 0) is 0 Å². The molecule has 0 atom stereocenters. The van der Waals surface area contributed by atoms with Crippen molar-refractivity contribution in [2.45, 2.75) is 19.4 Å². The summed E-state index contributed by atoms with van der Waals surface area (Å²) in [6, 6.07) is 0. The summed E-state index contributed by atoms with van der Waals surface area (Å²) in [5, 5.41) is 3.23. The topological polar surface area (TPSA) is 24.4 Å². The van der Waals surface area contributed by atoms with Gasteiger partial charge in [0.05, 0.1) is 5.54 Å². The monoisotopic (exact) mass is 144 g/mol. The first-order valence-electron chi connectivity index (χ1n) is 2.80. The third-order valence-electron chi connectivity index (χ3n) is 1.08. The number of hydrogen-bond acceptors (Lipinski definition) is 2. The van der Waals surface area contributed by atoms with Crippen LogP contribution < -0.4 is 5.32 Å². The quantitative estimate of drug-likeness (QED) is 0.512. The highest BCUT2D eigenvalue weighted by Crippen LogP contribution is 2.13. The lowest BCUT2D eigenvalue weighted by molar-refractivity contribution is 0.644. The number of amidine groups is 1. The van der Waals surface area contributed by atoms with E-state index in [4.69, 9.17) is 11.6 Å². The smallest absolute Gasteiger partial charge is 0.196 e. The molecule has 0 radical (unpaired) electrons. The van der Waals surface area contributed by atoms with Crippen molar-refractivity contribution in [2.75, 3.05) is 0 Å². The molecule has 1 aliphatic rings. The van der Waals surface area contributed by atoms with Crippen LogP contribution in [0.1, 0.15) is 13.8 Å². The lowest BCUT2D eigenvalue weighted by Gasteiger charge is -2.18. The van der Waals surface area contributed by atoms with Crippen molar-refractivity contribution < 1.29 is 0 Å². The van der Waals surface area contributed by atoms with E-state index in [9.17, 15) is 0 Å². The third-order valence-corrected chi connectivity index (χ3v) is 1.27. The zero-order valence-electron chi connectivity index (χ0n) is 5.48. The van der Waals surface area contributed by atoms with Gasteiger partial charge in [-0.15, -0.1) is 0 Å². The van der Waals surface area contributed by atoms with Gasteiger partial charge >= 0.3 is 0 Å². The molecular weight excluding hydrogens is 136 g/mol. The van der Waals surface area contributed by atoms with Crippen LogP contribution in [0.4, 0.5) is 0 Å². The summed E-state index contributed by atoms with van der Waals surface area (Å²) in [5.41, 5.74) is -0.137. The summed E-state index contributed by atoms with van der Waals surface area (Å²) in [4.78, 5) is 4.10. The van der Waals surface area contributed by atoms with Crippen molar-refractivity contribution in [3.8, 4) is 0 Å². The molecule has 0 aliphatic carbocycles. The Kier molecular flexibility index (Phi) is 1.49. The highest BCUT2D eigenvalue weighted by molar-refractivity contribution is 6.64. The molecular formula is C6H9ClN2. The second kappa shape index (κ2) is 2.03. The molecule has 0 fully saturated rings. The molecule has 0 amide bonds. The van der Waals surface area contributed by atoms with Crippen LogP contribution in [0.15, 0.2) is 17.3 Å². The van der Waals surface area contributed by atoms with Gasteiger partial charge in [0.1, 0.15) is 0 Å². The number of hydrogen-bond donors (Lipinski definition) is 1. The Morgan fingerprint density at radius 2 is 2.33 bits per heavy atom. The maximum Gasteiger partial charge on any atom is 0.196 e. The molecule has 0 aromatic carbocycles. The number of halogens is 1. The van der Waals surface area contributed by atoms with Gasteiger partial charge in [0.25, 0.3) is 0 Å². The molecule has 0 aromatic heterocycles. The largest absolute Gasteiger partial charge is 0.337 e. The lowest BCUT2D eigenvalue weighted by Crippen LogP contribution is -2.25. The van der Waals surface area contributed by atoms with E-state index in [2.05, 4.69) is 10.3 Å². The summed E-state index contributed by atoms with van der Waals surface area (Å²) in [6.45, 7) is 3.99. The second-order valence-corrected chi connectivity index (χ2v) is 2.89. The maximum atomic E-state index is 5.59. The van der Waals surface area contributed by atoms with Crippen molar-refractivity contribution in [1.82, 2.24) is 5.32 Å². The van der Waals surface area contributed by atoms with Gasteiger partial charge in [-0.1, -0.05) is 0 Å². The summed E-state index contributed by atoms with van der Waals surface area (Å²) in [5.74, 6) is 0. The van der Waals surface area contributed by atoms with Crippen LogP contribution in [-0.4, -0.2) is 10.8 Å². The number of aliphatic imine (C=N–C) groups is 1. The summed E-state index contributed by atoms with van der Waals surface area (Å²) in [6.07, 6.45) is 3.76. The average molecular weight is 145 g/mol. The molecule has 0 bridgehead atoms. The fourth-order valence-electron chi connectivity index (χ4n) is 0.637. The van der Waals surface area contributed by atoms with Crippen LogP contribution in [0, 0.1) is 0 Å². The molecule has 0 saturated heterocycles. The van der Waals surface area contributed by atoms with Crippen molar-refractivity contribution in [2.24, 2.45) is 4.99 Å². The fourth-order valence-corrected chi connectivity index (χ4v) is 0.918. The maximum absolute atomic E-state index is 5.59. The zero-order valence-corrected chi connectivity index (χ0v) is 6.24. The highest BCUT2D eigenvalue weighted by Gasteiger charge is 2.14. The molecule has 9 heavy (non-hydrogen) atoms. The minimum Gasteiger partial charge on any atom is -0.337 e. The van der Waals surface area contributed by atoms with Gasteiger partial charge in [-0.3, -0.25) is 0 Å². The van der Waals surface area contributed by atoms with Gasteiger partial charge in [0.2, 0.25) is 0 Å². The van der Waals surface area contributed by atoms with Crippen LogP contribution >= 0.6 is 11.6 Å². The van der Waals surface area contributed by atoms with Crippen molar-refractivity contribution in [3.05, 3.63) is 12.3 Å². The van der Waals surface area contributed by atoms with Gasteiger partial charge in [0, 0.05) is 6.20 Å². The normalized spacial score (nSPS) is 22.8. The summed E-state index contributed by atoms with van der Waals surface area (Å²) >= 11 is 5.59. The minimum absolute atomic E-state index is 0.137.